The predicted octanol–water partition coefficient (Wildman–Crippen LogP) is -3.86. The number of nitrogens with two attached hydrogens (primary N) is 6. The van der Waals surface area contributed by atoms with E-state index < -0.39 is 116 Å². The number of rotatable bonds is 23. The van der Waals surface area contributed by atoms with Gasteiger partial charge >= 0.3 is 0 Å². The van der Waals surface area contributed by atoms with Crippen molar-refractivity contribution >= 4 is 46.2 Å². The van der Waals surface area contributed by atoms with Crippen LogP contribution in [0.15, 0.2) is 42.5 Å². The van der Waals surface area contributed by atoms with Crippen LogP contribution in [0, 0.1) is 0 Å². The summed E-state index contributed by atoms with van der Waals surface area (Å²) in [6, 6.07) is 7.91. The number of hydrogen-bond donors (Lipinski definition) is 16. The molecule has 2 aliphatic carbocycles. The number of unbranched alkanes of at least 4 members (excludes halogenated alkanes) is 7. The summed E-state index contributed by atoms with van der Waals surface area (Å²) >= 11 is 11.1. The first-order valence-corrected chi connectivity index (χ1v) is 27.0. The molecule has 0 aromatic heterocycles. The molecule has 3 aliphatic heterocycles. The smallest absolute Gasteiger partial charge is 0.194 e. The summed E-state index contributed by atoms with van der Waals surface area (Å²) in [4.78, 5) is 26.0. The summed E-state index contributed by atoms with van der Waals surface area (Å²) in [5.41, 5.74) is 39.3. The number of ether oxygens (including phenoxy) is 6. The molecule has 424 valence electrons. The molecule has 26 heteroatoms. The molecule has 76 heavy (non-hydrogen) atoms. The molecule has 0 bridgehead atoms. The average Bonchev–Trinajstić information content (AvgIpc) is 3.71. The van der Waals surface area contributed by atoms with Crippen molar-refractivity contribution in [1.29, 1.82) is 0 Å². The molecule has 2 aromatic carbocycles. The Bertz CT molecular complexity index is 2260. The molecule has 24 nitrogen and oxygen atoms in total. The summed E-state index contributed by atoms with van der Waals surface area (Å²) in [6.07, 6.45) is -11.6. The summed E-state index contributed by atoms with van der Waals surface area (Å²) in [6.45, 7) is 1.37. The van der Waals surface area contributed by atoms with Crippen LogP contribution in [0.1, 0.15) is 95.2 Å². The highest BCUT2D eigenvalue weighted by Gasteiger charge is 2.54. The zero-order chi connectivity index (χ0) is 54.8. The number of nitrogens with one attached hydrogen (secondary N) is 4. The van der Waals surface area contributed by atoms with Gasteiger partial charge in [0.05, 0.1) is 18.2 Å². The van der Waals surface area contributed by atoms with Gasteiger partial charge in [0, 0.05) is 73.6 Å². The number of benzene rings is 2. The normalized spacial score (nSPS) is 35.3. The standard InChI is InChI=1S/C50H78N10O14S2/c51-19-30-38(64)40(66)33(55)46(69-30)72-43-29(54)18-28(53)37(63)45(43)74-48-42(68)44(73-47-34(56)41(67)39(65)31(20-52)70-47)32(71-48)22-60-50(76)58-16-10-6-4-2-1-3-5-9-15-57-49(75)59-21-23-13-14-26-27(17-23)36(62)25-12-8-7-11-24(25)35(26)61/h7-8,11-14,17,28-34,37-48,63-68H,1-6,9-10,15-16,18-22,51-56H2,(H2,57,59,75)(H2,58,60,76)/t28-,29+,30-,31?,32-,33-,34-,37+,38-,39-,40-,41-,42-,43-,44-,45-,46-,47-,48+/m1/s1. The summed E-state index contributed by atoms with van der Waals surface area (Å²) in [5, 5.41) is 79.0. The largest absolute Gasteiger partial charge is 0.389 e. The van der Waals surface area contributed by atoms with Crippen LogP contribution in [0.3, 0.4) is 0 Å². The van der Waals surface area contributed by atoms with Crippen LogP contribution in [-0.4, -0.2) is 201 Å². The fourth-order valence-corrected chi connectivity index (χ4v) is 10.6. The maximum Gasteiger partial charge on any atom is 0.194 e. The van der Waals surface area contributed by atoms with E-state index in [0.29, 0.717) is 45.6 Å². The van der Waals surface area contributed by atoms with Crippen molar-refractivity contribution in [3.63, 3.8) is 0 Å². The Labute approximate surface area is 452 Å². The molecule has 4 fully saturated rings. The first-order valence-electron chi connectivity index (χ1n) is 26.2. The van der Waals surface area contributed by atoms with Gasteiger partial charge < -0.3 is 115 Å². The Hall–Kier alpha value is -3.56. The molecule has 22 N–H and O–H groups in total. The second-order valence-corrected chi connectivity index (χ2v) is 21.0. The van der Waals surface area contributed by atoms with E-state index >= 15 is 0 Å². The Morgan fingerprint density at radius 2 is 1.00 bits per heavy atom. The fourth-order valence-electron chi connectivity index (χ4n) is 10.2. The van der Waals surface area contributed by atoms with E-state index in [2.05, 4.69) is 21.3 Å². The third-order valence-corrected chi connectivity index (χ3v) is 15.3. The van der Waals surface area contributed by atoms with Crippen molar-refractivity contribution in [1.82, 2.24) is 21.3 Å². The minimum absolute atomic E-state index is 0.0329. The molecule has 1 saturated carbocycles. The molecule has 0 amide bonds. The highest BCUT2D eigenvalue weighted by Crippen LogP contribution is 2.35. The van der Waals surface area contributed by atoms with Gasteiger partial charge in [-0.2, -0.15) is 0 Å². The summed E-state index contributed by atoms with van der Waals surface area (Å²) < 4.78 is 36.5. The molecule has 3 heterocycles. The molecule has 7 rings (SSSR count). The second kappa shape index (κ2) is 28.0. The topological polar surface area (TPSA) is 415 Å². The fraction of sp³-hybridized carbons (Fsp3) is 0.680. The van der Waals surface area contributed by atoms with Crippen molar-refractivity contribution in [3.05, 3.63) is 70.3 Å². The zero-order valence-electron chi connectivity index (χ0n) is 42.3. The van der Waals surface area contributed by atoms with E-state index in [-0.39, 0.29) is 37.6 Å². The van der Waals surface area contributed by atoms with E-state index in [0.717, 1.165) is 63.5 Å². The predicted molar refractivity (Wildman–Crippen MR) is 284 cm³/mol. The van der Waals surface area contributed by atoms with Gasteiger partial charge in [0.15, 0.2) is 40.7 Å². The van der Waals surface area contributed by atoms with E-state index in [9.17, 15) is 40.2 Å². The summed E-state index contributed by atoms with van der Waals surface area (Å²) in [7, 11) is 0. The number of carbonyl (C=O) groups is 2. The van der Waals surface area contributed by atoms with Gasteiger partial charge in [0.1, 0.15) is 67.1 Å². The number of hydrogen-bond acceptors (Lipinski definition) is 22. The van der Waals surface area contributed by atoms with E-state index in [1.807, 2.05) is 6.07 Å². The van der Waals surface area contributed by atoms with Crippen molar-refractivity contribution in [3.8, 4) is 0 Å². The van der Waals surface area contributed by atoms with Gasteiger partial charge in [-0.3, -0.25) is 9.59 Å². The molecule has 3 saturated heterocycles. The lowest BCUT2D eigenvalue weighted by atomic mass is 9.83. The molecule has 0 radical (unpaired) electrons. The molecule has 1 unspecified atom stereocenters. The number of thiocarbonyl (C=S) groups is 2. The minimum Gasteiger partial charge on any atom is -0.389 e. The van der Waals surface area contributed by atoms with E-state index in [1.54, 1.807) is 36.4 Å². The van der Waals surface area contributed by atoms with Crippen molar-refractivity contribution in [2.75, 3.05) is 32.7 Å². The lowest BCUT2D eigenvalue weighted by Crippen LogP contribution is -2.68. The Morgan fingerprint density at radius 1 is 0.526 bits per heavy atom. The van der Waals surface area contributed by atoms with Crippen molar-refractivity contribution < 1.29 is 68.6 Å². The number of aliphatic hydroxyl groups is 6. The third-order valence-electron chi connectivity index (χ3n) is 14.8. The molecule has 19 atom stereocenters. The number of fused-ring (bicyclic) bond motifs is 2. The van der Waals surface area contributed by atoms with Gasteiger partial charge in [0.25, 0.3) is 0 Å². The number of carbonyl (C=O) groups excluding carboxylic acids is 2. The quantitative estimate of drug-likeness (QED) is 0.0319. The van der Waals surface area contributed by atoms with Gasteiger partial charge in [0.2, 0.25) is 0 Å². The maximum atomic E-state index is 13.1. The van der Waals surface area contributed by atoms with Crippen LogP contribution in [-0.2, 0) is 35.0 Å². The van der Waals surface area contributed by atoms with Gasteiger partial charge in [-0.1, -0.05) is 68.9 Å². The van der Waals surface area contributed by atoms with Crippen LogP contribution >= 0.6 is 24.4 Å². The number of aliphatic hydroxyl groups excluding tert-OH is 6. The maximum absolute atomic E-state index is 13.1. The summed E-state index contributed by atoms with van der Waals surface area (Å²) in [5.74, 6) is -0.297. The van der Waals surface area contributed by atoms with Crippen molar-refractivity contribution in [2.24, 2.45) is 34.4 Å². The Morgan fingerprint density at radius 3 is 1.55 bits per heavy atom. The monoisotopic (exact) mass is 1110 g/mol. The van der Waals surface area contributed by atoms with Crippen LogP contribution < -0.4 is 55.7 Å². The van der Waals surface area contributed by atoms with E-state index in [1.165, 1.54) is 0 Å². The van der Waals surface area contributed by atoms with Gasteiger partial charge in [-0.25, -0.2) is 0 Å². The first-order chi connectivity index (χ1) is 36.4. The van der Waals surface area contributed by atoms with Crippen LogP contribution in [0.5, 0.6) is 0 Å². The lowest BCUT2D eigenvalue weighted by molar-refractivity contribution is -0.306. The zero-order valence-corrected chi connectivity index (χ0v) is 44.0. The first kappa shape index (κ1) is 60.1. The average molecular weight is 1110 g/mol. The molecule has 0 spiro atoms. The van der Waals surface area contributed by atoms with Crippen LogP contribution in [0.4, 0.5) is 0 Å². The minimum atomic E-state index is -1.60. The van der Waals surface area contributed by atoms with E-state index in [4.69, 9.17) is 87.3 Å². The lowest BCUT2D eigenvalue weighted by Gasteiger charge is -2.47. The SMILES string of the molecule is NCC1O[C@H](O[C@H]2[C@@H](O)[C@H](O[C@@H]3[C@@H](O)[C@H](N)C[C@H](N)[C@H]3O[C@H]3O[C@H](CN)[C@@H](O)[C@H](O)[C@H]3N)O[C@@H]2CNC(=S)NCCCCCCCCCCNC(=S)NCc2ccc3c(c2)C(=O)c2ccccc2C3=O)[C@H](N)[C@@H](O)[C@@H]1O. The second-order valence-electron chi connectivity index (χ2n) is 20.2. The van der Waals surface area contributed by atoms with Crippen LogP contribution in [0.25, 0.3) is 0 Å². The van der Waals surface area contributed by atoms with Gasteiger partial charge in [-0.05, 0) is 61.4 Å². The third kappa shape index (κ3) is 14.4. The molecule has 5 aliphatic rings. The Balaban J connectivity index is 0.816. The molecular formula is C50H78N10O14S2. The number of ketones is 2. The Kier molecular flexibility index (Phi) is 22.2. The highest BCUT2D eigenvalue weighted by molar-refractivity contribution is 7.80. The van der Waals surface area contributed by atoms with Crippen molar-refractivity contribution in [2.45, 2.75) is 181 Å². The van der Waals surface area contributed by atoms with Gasteiger partial charge in [-0.15, -0.1) is 0 Å². The van der Waals surface area contributed by atoms with Crippen LogP contribution in [0.2, 0.25) is 0 Å². The highest BCUT2D eigenvalue weighted by atomic mass is 32.1. The molecular weight excluding hydrogens is 1030 g/mol. The molecule has 2 aromatic rings.